The third kappa shape index (κ3) is 2.04. The van der Waals surface area contributed by atoms with Crippen LogP contribution in [0.1, 0.15) is 57.0 Å². The number of carboxylic acids is 1. The fourth-order valence-corrected chi connectivity index (χ4v) is 3.77. The van der Waals surface area contributed by atoms with Gasteiger partial charge in [0, 0.05) is 6.04 Å². The van der Waals surface area contributed by atoms with Crippen molar-refractivity contribution in [2.45, 2.75) is 57.9 Å². The lowest BCUT2D eigenvalue weighted by Crippen LogP contribution is -2.32. The quantitative estimate of drug-likeness (QED) is 0.933. The molecular formula is C17H22N2O2. The monoisotopic (exact) mass is 286 g/mol. The number of carboxylic acid groups (broad SMARTS) is 1. The number of hydrogen-bond acceptors (Lipinski definition) is 2. The molecule has 1 heterocycles. The number of carbonyl (C=O) groups is 1. The van der Waals surface area contributed by atoms with Gasteiger partial charge in [-0.05, 0) is 51.3 Å². The van der Waals surface area contributed by atoms with E-state index in [0.29, 0.717) is 6.04 Å². The molecule has 1 aromatic carbocycles. The van der Waals surface area contributed by atoms with Gasteiger partial charge in [-0.25, -0.2) is 4.98 Å². The first-order valence-electron chi connectivity index (χ1n) is 7.68. The van der Waals surface area contributed by atoms with Crippen molar-refractivity contribution >= 4 is 17.0 Å². The Labute approximate surface area is 124 Å². The molecule has 0 radical (unpaired) electrons. The third-order valence-electron chi connectivity index (χ3n) is 4.80. The van der Waals surface area contributed by atoms with E-state index < -0.39 is 11.4 Å². The highest BCUT2D eigenvalue weighted by atomic mass is 16.4. The molecule has 0 amide bonds. The molecule has 1 saturated carbocycles. The van der Waals surface area contributed by atoms with Gasteiger partial charge in [0.05, 0.1) is 16.4 Å². The summed E-state index contributed by atoms with van der Waals surface area (Å²) in [5.41, 5.74) is 2.20. The highest BCUT2D eigenvalue weighted by Gasteiger charge is 2.43. The molecule has 1 aromatic heterocycles. The second kappa shape index (κ2) is 4.86. The summed E-state index contributed by atoms with van der Waals surface area (Å²) in [5.74, 6) is 0.285. The van der Waals surface area contributed by atoms with Crippen LogP contribution in [0.4, 0.5) is 0 Å². The van der Waals surface area contributed by atoms with Gasteiger partial charge < -0.3 is 9.67 Å². The third-order valence-corrected chi connectivity index (χ3v) is 4.80. The number of hydrogen-bond donors (Lipinski definition) is 1. The summed E-state index contributed by atoms with van der Waals surface area (Å²) >= 11 is 0. The Morgan fingerprint density at radius 3 is 2.57 bits per heavy atom. The van der Waals surface area contributed by atoms with E-state index in [1.165, 1.54) is 0 Å². The molecule has 1 aliphatic carbocycles. The number of imidazole rings is 1. The minimum absolute atomic E-state index is 0.348. The number of aromatic nitrogens is 2. The molecule has 21 heavy (non-hydrogen) atoms. The van der Waals surface area contributed by atoms with Crippen molar-refractivity contribution in [3.05, 3.63) is 29.6 Å². The summed E-state index contributed by atoms with van der Waals surface area (Å²) in [6.45, 7) is 6.28. The minimum atomic E-state index is -0.705. The van der Waals surface area contributed by atoms with E-state index in [2.05, 4.69) is 23.4 Å². The zero-order valence-electron chi connectivity index (χ0n) is 12.9. The van der Waals surface area contributed by atoms with Crippen molar-refractivity contribution in [3.63, 3.8) is 0 Å². The molecule has 1 N–H and O–H groups in total. The molecule has 112 valence electrons. The largest absolute Gasteiger partial charge is 0.481 e. The lowest BCUT2D eigenvalue weighted by molar-refractivity contribution is -0.143. The van der Waals surface area contributed by atoms with Crippen LogP contribution in [0.3, 0.4) is 0 Å². The SMILES string of the molecule is Cc1nc2cc(C3(C(=O)O)CCCC3)ccc2n1C(C)C. The highest BCUT2D eigenvalue weighted by Crippen LogP contribution is 2.42. The van der Waals surface area contributed by atoms with E-state index in [-0.39, 0.29) is 0 Å². The first-order chi connectivity index (χ1) is 9.95. The lowest BCUT2D eigenvalue weighted by Gasteiger charge is -2.24. The van der Waals surface area contributed by atoms with Crippen molar-refractivity contribution in [2.24, 2.45) is 0 Å². The van der Waals surface area contributed by atoms with Gasteiger partial charge in [0.25, 0.3) is 0 Å². The lowest BCUT2D eigenvalue weighted by atomic mass is 9.79. The molecule has 0 aliphatic heterocycles. The van der Waals surface area contributed by atoms with Crippen molar-refractivity contribution in [1.29, 1.82) is 0 Å². The average molecular weight is 286 g/mol. The zero-order chi connectivity index (χ0) is 15.2. The van der Waals surface area contributed by atoms with Crippen LogP contribution in [-0.2, 0) is 10.2 Å². The Hall–Kier alpha value is -1.84. The van der Waals surface area contributed by atoms with E-state index in [1.54, 1.807) is 0 Å². The van der Waals surface area contributed by atoms with Crippen LogP contribution in [0, 0.1) is 6.92 Å². The zero-order valence-corrected chi connectivity index (χ0v) is 12.9. The van der Waals surface area contributed by atoms with Crippen LogP contribution < -0.4 is 0 Å². The van der Waals surface area contributed by atoms with E-state index in [0.717, 1.165) is 48.1 Å². The Balaban J connectivity index is 2.16. The van der Waals surface area contributed by atoms with E-state index in [9.17, 15) is 9.90 Å². The molecule has 3 rings (SSSR count). The predicted molar refractivity (Wildman–Crippen MR) is 82.6 cm³/mol. The molecule has 4 heteroatoms. The molecule has 0 saturated heterocycles. The molecule has 4 nitrogen and oxygen atoms in total. The van der Waals surface area contributed by atoms with Crippen molar-refractivity contribution in [2.75, 3.05) is 0 Å². The Bertz CT molecular complexity index is 694. The fraction of sp³-hybridized carbons (Fsp3) is 0.529. The van der Waals surface area contributed by atoms with E-state index in [1.807, 2.05) is 25.1 Å². The van der Waals surface area contributed by atoms with Crippen molar-refractivity contribution < 1.29 is 9.90 Å². The van der Waals surface area contributed by atoms with Crippen LogP contribution in [0.5, 0.6) is 0 Å². The molecule has 0 spiro atoms. The Morgan fingerprint density at radius 1 is 1.33 bits per heavy atom. The normalized spacial score (nSPS) is 17.7. The fourth-order valence-electron chi connectivity index (χ4n) is 3.77. The standard InChI is InChI=1S/C17H22N2O2/c1-11(2)19-12(3)18-14-10-13(6-7-15(14)19)17(16(20)21)8-4-5-9-17/h6-7,10-11H,4-5,8-9H2,1-3H3,(H,20,21). The highest BCUT2D eigenvalue weighted by molar-refractivity contribution is 5.85. The molecule has 2 aromatic rings. The topological polar surface area (TPSA) is 55.1 Å². The van der Waals surface area contributed by atoms with Gasteiger partial charge in [-0.15, -0.1) is 0 Å². The maximum absolute atomic E-state index is 11.8. The van der Waals surface area contributed by atoms with Gasteiger partial charge in [-0.1, -0.05) is 18.9 Å². The van der Waals surface area contributed by atoms with Crippen LogP contribution in [0.2, 0.25) is 0 Å². The van der Waals surface area contributed by atoms with Gasteiger partial charge in [0.15, 0.2) is 0 Å². The summed E-state index contributed by atoms with van der Waals surface area (Å²) in [6.07, 6.45) is 3.45. The van der Waals surface area contributed by atoms with Gasteiger partial charge in [0.2, 0.25) is 0 Å². The summed E-state index contributed by atoms with van der Waals surface area (Å²) in [6, 6.07) is 6.36. The van der Waals surface area contributed by atoms with Crippen LogP contribution in [0.25, 0.3) is 11.0 Å². The molecule has 0 unspecified atom stereocenters. The Morgan fingerprint density at radius 2 is 2.00 bits per heavy atom. The molecule has 0 atom stereocenters. The number of aliphatic carboxylic acids is 1. The van der Waals surface area contributed by atoms with Gasteiger partial charge in [0.1, 0.15) is 5.82 Å². The van der Waals surface area contributed by atoms with Crippen LogP contribution >= 0.6 is 0 Å². The number of aryl methyl sites for hydroxylation is 1. The predicted octanol–water partition coefficient (Wildman–Crippen LogP) is 3.82. The van der Waals surface area contributed by atoms with E-state index >= 15 is 0 Å². The Kier molecular flexibility index (Phi) is 3.27. The maximum atomic E-state index is 11.8. The second-order valence-corrected chi connectivity index (χ2v) is 6.42. The summed E-state index contributed by atoms with van der Waals surface area (Å²) < 4.78 is 2.20. The first-order valence-corrected chi connectivity index (χ1v) is 7.68. The van der Waals surface area contributed by atoms with Gasteiger partial charge >= 0.3 is 5.97 Å². The number of rotatable bonds is 3. The molecule has 1 fully saturated rings. The molecule has 1 aliphatic rings. The second-order valence-electron chi connectivity index (χ2n) is 6.42. The first kappa shape index (κ1) is 14.1. The summed E-state index contributed by atoms with van der Waals surface area (Å²) in [7, 11) is 0. The minimum Gasteiger partial charge on any atom is -0.481 e. The number of nitrogens with zero attached hydrogens (tertiary/aromatic N) is 2. The smallest absolute Gasteiger partial charge is 0.314 e. The maximum Gasteiger partial charge on any atom is 0.314 e. The van der Waals surface area contributed by atoms with Gasteiger partial charge in [-0.3, -0.25) is 4.79 Å². The van der Waals surface area contributed by atoms with Crippen molar-refractivity contribution in [3.8, 4) is 0 Å². The molecular weight excluding hydrogens is 264 g/mol. The number of fused-ring (bicyclic) bond motifs is 1. The van der Waals surface area contributed by atoms with Crippen molar-refractivity contribution in [1.82, 2.24) is 9.55 Å². The number of benzene rings is 1. The molecule has 0 bridgehead atoms. The average Bonchev–Trinajstić information content (AvgIpc) is 3.01. The summed E-state index contributed by atoms with van der Waals surface area (Å²) in [4.78, 5) is 16.4. The van der Waals surface area contributed by atoms with Crippen LogP contribution in [-0.4, -0.2) is 20.6 Å². The van der Waals surface area contributed by atoms with Crippen LogP contribution in [0.15, 0.2) is 18.2 Å². The van der Waals surface area contributed by atoms with E-state index in [4.69, 9.17) is 0 Å². The van der Waals surface area contributed by atoms with Gasteiger partial charge in [-0.2, -0.15) is 0 Å². The summed E-state index contributed by atoms with van der Waals surface area (Å²) in [5, 5.41) is 9.71.